The van der Waals surface area contributed by atoms with Crippen LogP contribution < -0.4 is 22.5 Å². The molecule has 10 heteroatoms. The number of carbonyl (C=O) groups is 1. The van der Waals surface area contributed by atoms with Crippen LogP contribution in [0.2, 0.25) is 0 Å². The van der Waals surface area contributed by atoms with Gasteiger partial charge in [-0.3, -0.25) is 28.1 Å². The number of anilines is 1. The fourth-order valence-corrected chi connectivity index (χ4v) is 4.56. The average molecular weight is 437 g/mol. The van der Waals surface area contributed by atoms with Crippen molar-refractivity contribution >= 4 is 33.2 Å². The van der Waals surface area contributed by atoms with E-state index < -0.39 is 23.6 Å². The van der Waals surface area contributed by atoms with Gasteiger partial charge < -0.3 is 5.73 Å². The number of rotatable bonds is 4. The molecule has 3 aromatic heterocycles. The first-order valence-corrected chi connectivity index (χ1v) is 10.2. The molecule has 0 atom stereocenters. The molecule has 0 aliphatic carbocycles. The Bertz CT molecular complexity index is 1530. The fourth-order valence-electron chi connectivity index (χ4n) is 3.56. The summed E-state index contributed by atoms with van der Waals surface area (Å²) in [4.78, 5) is 56.5. The Hall–Kier alpha value is -3.79. The SMILES string of the molecule is Cc1sc2ncn(CC(=O)c3c(N)n(C)c(=O)n(C)c3=O)c(=O)c2c1-c1ccccc1. The summed E-state index contributed by atoms with van der Waals surface area (Å²) in [5.41, 5.74) is 5.36. The zero-order valence-electron chi connectivity index (χ0n) is 17.1. The van der Waals surface area contributed by atoms with Crippen LogP contribution in [0.15, 0.2) is 51.0 Å². The van der Waals surface area contributed by atoms with Gasteiger partial charge in [0.1, 0.15) is 16.2 Å². The second kappa shape index (κ2) is 7.47. The van der Waals surface area contributed by atoms with Gasteiger partial charge in [-0.15, -0.1) is 11.3 Å². The molecule has 9 nitrogen and oxygen atoms in total. The number of nitrogens with two attached hydrogens (primary N) is 1. The van der Waals surface area contributed by atoms with Crippen molar-refractivity contribution in [3.63, 3.8) is 0 Å². The van der Waals surface area contributed by atoms with Crippen molar-refractivity contribution in [2.45, 2.75) is 13.5 Å². The zero-order chi connectivity index (χ0) is 22.4. The molecular formula is C21H19N5O4S. The molecule has 4 aromatic rings. The van der Waals surface area contributed by atoms with Crippen LogP contribution in [0.1, 0.15) is 15.2 Å². The summed E-state index contributed by atoms with van der Waals surface area (Å²) in [6, 6.07) is 9.47. The third-order valence-electron chi connectivity index (χ3n) is 5.22. The first kappa shape index (κ1) is 20.5. The topological polar surface area (TPSA) is 122 Å². The van der Waals surface area contributed by atoms with Crippen molar-refractivity contribution in [2.75, 3.05) is 5.73 Å². The van der Waals surface area contributed by atoms with E-state index in [0.717, 1.165) is 29.7 Å². The molecule has 0 saturated heterocycles. The van der Waals surface area contributed by atoms with E-state index in [1.807, 2.05) is 37.3 Å². The van der Waals surface area contributed by atoms with Crippen LogP contribution in [-0.4, -0.2) is 24.5 Å². The van der Waals surface area contributed by atoms with Crippen molar-refractivity contribution < 1.29 is 4.79 Å². The van der Waals surface area contributed by atoms with E-state index in [9.17, 15) is 19.2 Å². The molecule has 0 saturated carbocycles. The predicted molar refractivity (Wildman–Crippen MR) is 120 cm³/mol. The molecule has 31 heavy (non-hydrogen) atoms. The zero-order valence-corrected chi connectivity index (χ0v) is 17.9. The molecule has 1 aromatic carbocycles. The molecule has 158 valence electrons. The molecule has 0 bridgehead atoms. The number of thiophene rings is 1. The molecule has 0 radical (unpaired) electrons. The minimum absolute atomic E-state index is 0.239. The van der Waals surface area contributed by atoms with Gasteiger partial charge in [-0.1, -0.05) is 30.3 Å². The highest BCUT2D eigenvalue weighted by Crippen LogP contribution is 2.35. The second-order valence-corrected chi connectivity index (χ2v) is 8.35. The van der Waals surface area contributed by atoms with E-state index in [1.54, 1.807) is 0 Å². The number of ketones is 1. The lowest BCUT2D eigenvalue weighted by Gasteiger charge is -2.11. The summed E-state index contributed by atoms with van der Waals surface area (Å²) in [5.74, 6) is -0.915. The lowest BCUT2D eigenvalue weighted by atomic mass is 10.0. The van der Waals surface area contributed by atoms with Gasteiger partial charge in [-0.25, -0.2) is 9.78 Å². The molecule has 0 fully saturated rings. The minimum atomic E-state index is -0.802. The first-order valence-electron chi connectivity index (χ1n) is 9.35. The number of benzene rings is 1. The third kappa shape index (κ3) is 3.21. The standard InChI is InChI=1S/C21H19N5O4S/c1-11-14(12-7-5-4-6-8-12)16-18(31-11)23-10-26(20(16)29)9-13(27)15-17(22)24(2)21(30)25(3)19(15)28/h4-8,10H,9,22H2,1-3H3. The molecular weight excluding hydrogens is 418 g/mol. The van der Waals surface area contributed by atoms with E-state index in [1.165, 1.54) is 31.8 Å². The summed E-state index contributed by atoms with van der Waals surface area (Å²) in [7, 11) is 2.63. The highest BCUT2D eigenvalue weighted by atomic mass is 32.1. The molecule has 0 aliphatic heterocycles. The van der Waals surface area contributed by atoms with Crippen molar-refractivity contribution in [3.8, 4) is 11.1 Å². The predicted octanol–water partition coefficient (Wildman–Crippen LogP) is 1.30. The van der Waals surface area contributed by atoms with Gasteiger partial charge in [0.2, 0.25) is 0 Å². The molecule has 0 amide bonds. The van der Waals surface area contributed by atoms with Gasteiger partial charge >= 0.3 is 5.69 Å². The number of nitrogens with zero attached hydrogens (tertiary/aromatic N) is 4. The van der Waals surface area contributed by atoms with E-state index in [-0.39, 0.29) is 16.9 Å². The van der Waals surface area contributed by atoms with Crippen LogP contribution in [-0.2, 0) is 20.6 Å². The van der Waals surface area contributed by atoms with E-state index in [2.05, 4.69) is 4.98 Å². The van der Waals surface area contributed by atoms with E-state index in [4.69, 9.17) is 5.73 Å². The normalized spacial score (nSPS) is 11.2. The third-order valence-corrected chi connectivity index (χ3v) is 6.23. The highest BCUT2D eigenvalue weighted by molar-refractivity contribution is 7.19. The largest absolute Gasteiger partial charge is 0.384 e. The smallest absolute Gasteiger partial charge is 0.332 e. The quantitative estimate of drug-likeness (QED) is 0.480. The number of hydrogen-bond donors (Lipinski definition) is 1. The average Bonchev–Trinajstić information content (AvgIpc) is 3.10. The van der Waals surface area contributed by atoms with Gasteiger partial charge in [0, 0.05) is 24.5 Å². The Morgan fingerprint density at radius 2 is 1.74 bits per heavy atom. The van der Waals surface area contributed by atoms with Crippen molar-refractivity contribution in [3.05, 3.63) is 78.3 Å². The summed E-state index contributed by atoms with van der Waals surface area (Å²) < 4.78 is 2.99. The molecule has 4 rings (SSSR count). The number of nitrogen functional groups attached to an aromatic ring is 1. The molecule has 0 unspecified atom stereocenters. The minimum Gasteiger partial charge on any atom is -0.384 e. The Balaban J connectivity index is 1.86. The van der Waals surface area contributed by atoms with Gasteiger partial charge in [-0.2, -0.15) is 0 Å². The van der Waals surface area contributed by atoms with Crippen molar-refractivity contribution in [1.82, 2.24) is 18.7 Å². The molecule has 0 aliphatic rings. The number of fused-ring (bicyclic) bond motifs is 1. The van der Waals surface area contributed by atoms with Gasteiger partial charge in [0.05, 0.1) is 18.3 Å². The second-order valence-electron chi connectivity index (χ2n) is 7.15. The van der Waals surface area contributed by atoms with Gasteiger partial charge in [0.25, 0.3) is 11.1 Å². The maximum Gasteiger partial charge on any atom is 0.332 e. The molecule has 2 N–H and O–H groups in total. The van der Waals surface area contributed by atoms with E-state index in [0.29, 0.717) is 10.2 Å². The highest BCUT2D eigenvalue weighted by Gasteiger charge is 2.22. The van der Waals surface area contributed by atoms with Crippen LogP contribution in [0.25, 0.3) is 21.3 Å². The Morgan fingerprint density at radius 3 is 2.42 bits per heavy atom. The van der Waals surface area contributed by atoms with Gasteiger partial charge in [0.15, 0.2) is 5.78 Å². The first-order chi connectivity index (χ1) is 14.7. The monoisotopic (exact) mass is 437 g/mol. The van der Waals surface area contributed by atoms with Crippen LogP contribution >= 0.6 is 11.3 Å². The molecule has 3 heterocycles. The van der Waals surface area contributed by atoms with Crippen LogP contribution in [0, 0.1) is 6.92 Å². The fraction of sp³-hybridized carbons (Fsp3) is 0.190. The van der Waals surface area contributed by atoms with Crippen LogP contribution in [0.5, 0.6) is 0 Å². The maximum atomic E-state index is 13.3. The number of aromatic nitrogens is 4. The summed E-state index contributed by atoms with van der Waals surface area (Å²) >= 11 is 1.40. The summed E-state index contributed by atoms with van der Waals surface area (Å²) in [5, 5.41) is 0.422. The van der Waals surface area contributed by atoms with Crippen LogP contribution in [0.3, 0.4) is 0 Å². The van der Waals surface area contributed by atoms with Crippen LogP contribution in [0.4, 0.5) is 5.82 Å². The lowest BCUT2D eigenvalue weighted by Crippen LogP contribution is -2.42. The number of carbonyl (C=O) groups excluding carboxylic acids is 1. The Kier molecular flexibility index (Phi) is 4.94. The Morgan fingerprint density at radius 1 is 1.06 bits per heavy atom. The Labute approximate surface area is 179 Å². The van der Waals surface area contributed by atoms with E-state index >= 15 is 0 Å². The number of hydrogen-bond acceptors (Lipinski definition) is 7. The summed E-state index contributed by atoms with van der Waals surface area (Å²) in [6.07, 6.45) is 1.29. The maximum absolute atomic E-state index is 13.3. The summed E-state index contributed by atoms with van der Waals surface area (Å²) in [6.45, 7) is 1.49. The van der Waals surface area contributed by atoms with Gasteiger partial charge in [-0.05, 0) is 12.5 Å². The van der Waals surface area contributed by atoms with Crippen molar-refractivity contribution in [2.24, 2.45) is 14.1 Å². The lowest BCUT2D eigenvalue weighted by molar-refractivity contribution is 0.0968. The van der Waals surface area contributed by atoms with Crippen molar-refractivity contribution in [1.29, 1.82) is 0 Å². The number of aryl methyl sites for hydroxylation is 1. The number of Topliss-reactive ketones (excluding diaryl/α,β-unsaturated/α-hetero) is 1. The molecule has 0 spiro atoms.